The second kappa shape index (κ2) is 6.76. The van der Waals surface area contributed by atoms with Crippen LogP contribution in [0.2, 0.25) is 0 Å². The Balaban J connectivity index is 1.51. The second-order valence-corrected chi connectivity index (χ2v) is 6.36. The van der Waals surface area contributed by atoms with E-state index in [1.54, 1.807) is 0 Å². The van der Waals surface area contributed by atoms with Crippen LogP contribution in [0, 0.1) is 0 Å². The van der Waals surface area contributed by atoms with Crippen molar-refractivity contribution in [3.05, 3.63) is 0 Å². The molecule has 0 unspecified atom stereocenters. The first kappa shape index (κ1) is 16.7. The number of nitrogens with one attached hydrogen (secondary N) is 2. The molecule has 0 aromatic rings. The molecule has 9 heteroatoms. The first-order valence-electron chi connectivity index (χ1n) is 8.26. The molecular formula is C15H21N3O6. The van der Waals surface area contributed by atoms with Gasteiger partial charge in [0.2, 0.25) is 0 Å². The summed E-state index contributed by atoms with van der Waals surface area (Å²) in [5, 5.41) is 3.37. The van der Waals surface area contributed by atoms with Crippen LogP contribution in [0.4, 0.5) is 4.79 Å². The Labute approximate surface area is 139 Å². The molecule has 1 spiro atoms. The number of carbonyl (C=O) groups excluding carboxylic acids is 4. The minimum absolute atomic E-state index is 0.453. The van der Waals surface area contributed by atoms with Crippen molar-refractivity contribution in [3.8, 4) is 0 Å². The molecule has 2 saturated heterocycles. The number of ether oxygens (including phenoxy) is 2. The molecule has 9 nitrogen and oxygen atoms in total. The summed E-state index contributed by atoms with van der Waals surface area (Å²) in [4.78, 5) is 48.0. The molecule has 0 bridgehead atoms. The summed E-state index contributed by atoms with van der Waals surface area (Å²) in [6.45, 7) is -0.0702. The third-order valence-electron chi connectivity index (χ3n) is 4.64. The van der Waals surface area contributed by atoms with E-state index in [1.165, 1.54) is 0 Å². The molecule has 1 saturated carbocycles. The summed E-state index contributed by atoms with van der Waals surface area (Å²) in [7, 11) is 0. The van der Waals surface area contributed by atoms with Gasteiger partial charge in [-0.1, -0.05) is 19.3 Å². The predicted octanol–water partition coefficient (Wildman–Crippen LogP) is -0.00550. The fraction of sp³-hybridized carbons (Fsp3) is 0.733. The van der Waals surface area contributed by atoms with Crippen molar-refractivity contribution in [2.75, 3.05) is 13.2 Å². The van der Waals surface area contributed by atoms with Crippen molar-refractivity contribution in [2.45, 2.75) is 56.6 Å². The highest BCUT2D eigenvalue weighted by Crippen LogP contribution is 2.32. The molecule has 0 aromatic heterocycles. The van der Waals surface area contributed by atoms with Gasteiger partial charge < -0.3 is 14.8 Å². The fourth-order valence-electron chi connectivity index (χ4n) is 3.37. The molecule has 4 amide bonds. The maximum Gasteiger partial charge on any atom is 0.344 e. The van der Waals surface area contributed by atoms with Crippen LogP contribution in [-0.4, -0.2) is 53.7 Å². The Kier molecular flexibility index (Phi) is 4.70. The SMILES string of the molecule is O=C(COC(=O)[C@@H]1CCCO1)NN1C(=O)NC2(CCCCC2)C1=O. The summed E-state index contributed by atoms with van der Waals surface area (Å²) in [5.74, 6) is -1.80. The van der Waals surface area contributed by atoms with Crippen LogP contribution in [0.1, 0.15) is 44.9 Å². The molecule has 0 aromatic carbocycles. The van der Waals surface area contributed by atoms with Crippen LogP contribution in [0.25, 0.3) is 0 Å². The number of amides is 4. The number of imide groups is 1. The number of hydrazine groups is 1. The maximum atomic E-state index is 12.5. The highest BCUT2D eigenvalue weighted by molar-refractivity contribution is 6.08. The van der Waals surface area contributed by atoms with Crippen molar-refractivity contribution < 1.29 is 28.7 Å². The van der Waals surface area contributed by atoms with E-state index >= 15 is 0 Å². The molecule has 24 heavy (non-hydrogen) atoms. The van der Waals surface area contributed by atoms with Crippen molar-refractivity contribution in [2.24, 2.45) is 0 Å². The average molecular weight is 339 g/mol. The number of carbonyl (C=O) groups is 4. The molecule has 3 fully saturated rings. The summed E-state index contributed by atoms with van der Waals surface area (Å²) >= 11 is 0. The third-order valence-corrected chi connectivity index (χ3v) is 4.64. The quantitative estimate of drug-likeness (QED) is 0.550. The lowest BCUT2D eigenvalue weighted by Gasteiger charge is -2.30. The summed E-state index contributed by atoms with van der Waals surface area (Å²) in [5.41, 5.74) is 1.30. The Bertz CT molecular complexity index is 551. The minimum atomic E-state index is -0.906. The Hall–Kier alpha value is -2.16. The molecule has 0 radical (unpaired) electrons. The highest BCUT2D eigenvalue weighted by Gasteiger charge is 2.52. The van der Waals surface area contributed by atoms with Crippen molar-refractivity contribution in [3.63, 3.8) is 0 Å². The average Bonchev–Trinajstić information content (AvgIpc) is 3.18. The summed E-state index contributed by atoms with van der Waals surface area (Å²) < 4.78 is 10.0. The fourth-order valence-corrected chi connectivity index (χ4v) is 3.37. The number of hydrogen-bond acceptors (Lipinski definition) is 6. The van der Waals surface area contributed by atoms with Gasteiger partial charge in [-0.15, -0.1) is 0 Å². The second-order valence-electron chi connectivity index (χ2n) is 6.36. The molecule has 3 aliphatic rings. The standard InChI is InChI=1S/C15H21N3O6/c19-11(9-24-12(20)10-5-4-8-23-10)17-18-13(21)15(16-14(18)22)6-2-1-3-7-15/h10H,1-9H2,(H,16,22)(H,17,19)/t10-/m0/s1. The van der Waals surface area contributed by atoms with E-state index in [1.807, 2.05) is 0 Å². The van der Waals surface area contributed by atoms with Gasteiger partial charge in [0.05, 0.1) is 0 Å². The van der Waals surface area contributed by atoms with E-state index in [9.17, 15) is 19.2 Å². The third kappa shape index (κ3) is 3.21. The predicted molar refractivity (Wildman–Crippen MR) is 79.3 cm³/mol. The molecule has 1 aliphatic carbocycles. The molecular weight excluding hydrogens is 318 g/mol. The monoisotopic (exact) mass is 339 g/mol. The van der Waals surface area contributed by atoms with E-state index < -0.39 is 42.1 Å². The maximum absolute atomic E-state index is 12.5. The Morgan fingerprint density at radius 1 is 1.25 bits per heavy atom. The number of hydrogen-bond donors (Lipinski definition) is 2. The highest BCUT2D eigenvalue weighted by atomic mass is 16.6. The van der Waals surface area contributed by atoms with Gasteiger partial charge in [-0.25, -0.2) is 9.59 Å². The first-order valence-corrected chi connectivity index (χ1v) is 8.26. The Morgan fingerprint density at radius 2 is 2.00 bits per heavy atom. The van der Waals surface area contributed by atoms with Gasteiger partial charge in [-0.2, -0.15) is 5.01 Å². The van der Waals surface area contributed by atoms with Crippen LogP contribution >= 0.6 is 0 Å². The number of urea groups is 1. The van der Waals surface area contributed by atoms with E-state index in [2.05, 4.69) is 10.7 Å². The van der Waals surface area contributed by atoms with Crippen LogP contribution in [0.3, 0.4) is 0 Å². The zero-order valence-electron chi connectivity index (χ0n) is 13.3. The van der Waals surface area contributed by atoms with Crippen molar-refractivity contribution in [1.82, 2.24) is 15.8 Å². The van der Waals surface area contributed by atoms with Gasteiger partial charge in [0, 0.05) is 6.61 Å². The normalized spacial score (nSPS) is 25.7. The van der Waals surface area contributed by atoms with Crippen LogP contribution in [-0.2, 0) is 23.9 Å². The zero-order valence-corrected chi connectivity index (χ0v) is 13.3. The van der Waals surface area contributed by atoms with E-state index in [-0.39, 0.29) is 0 Å². The largest absolute Gasteiger partial charge is 0.454 e. The van der Waals surface area contributed by atoms with E-state index in [0.717, 1.165) is 25.7 Å². The van der Waals surface area contributed by atoms with Crippen LogP contribution < -0.4 is 10.7 Å². The van der Waals surface area contributed by atoms with E-state index in [4.69, 9.17) is 9.47 Å². The lowest BCUT2D eigenvalue weighted by molar-refractivity contribution is -0.158. The molecule has 2 heterocycles. The first-order chi connectivity index (χ1) is 11.5. The molecule has 132 valence electrons. The van der Waals surface area contributed by atoms with Gasteiger partial charge >= 0.3 is 12.0 Å². The molecule has 3 rings (SSSR count). The van der Waals surface area contributed by atoms with Crippen molar-refractivity contribution in [1.29, 1.82) is 0 Å². The lowest BCUT2D eigenvalue weighted by Crippen LogP contribution is -2.51. The topological polar surface area (TPSA) is 114 Å². The number of nitrogens with zero attached hydrogens (tertiary/aromatic N) is 1. The van der Waals surface area contributed by atoms with Crippen LogP contribution in [0.5, 0.6) is 0 Å². The number of esters is 1. The minimum Gasteiger partial charge on any atom is -0.454 e. The smallest absolute Gasteiger partial charge is 0.344 e. The Morgan fingerprint density at radius 3 is 2.67 bits per heavy atom. The van der Waals surface area contributed by atoms with Gasteiger partial charge in [0.15, 0.2) is 12.7 Å². The van der Waals surface area contributed by atoms with E-state index in [0.29, 0.717) is 30.9 Å². The summed E-state index contributed by atoms with van der Waals surface area (Å²) in [6.07, 6.45) is 4.57. The zero-order chi connectivity index (χ0) is 17.2. The van der Waals surface area contributed by atoms with Gasteiger partial charge in [0.25, 0.3) is 11.8 Å². The van der Waals surface area contributed by atoms with Crippen LogP contribution in [0.15, 0.2) is 0 Å². The van der Waals surface area contributed by atoms with Gasteiger partial charge in [-0.05, 0) is 25.7 Å². The molecule has 2 aliphatic heterocycles. The molecule has 2 N–H and O–H groups in total. The lowest BCUT2D eigenvalue weighted by atomic mass is 9.82. The molecule has 1 atom stereocenters. The van der Waals surface area contributed by atoms with Gasteiger partial charge in [-0.3, -0.25) is 15.0 Å². The van der Waals surface area contributed by atoms with Gasteiger partial charge in [0.1, 0.15) is 5.54 Å². The number of rotatable bonds is 4. The summed E-state index contributed by atoms with van der Waals surface area (Å²) in [6, 6.07) is -0.652. The van der Waals surface area contributed by atoms with Crippen molar-refractivity contribution >= 4 is 23.8 Å².